The average Bonchev–Trinajstić information content (AvgIpc) is 1.88. The van der Waals surface area contributed by atoms with Crippen molar-refractivity contribution in [2.45, 2.75) is 12.8 Å². The summed E-state index contributed by atoms with van der Waals surface area (Å²) in [4.78, 5) is 2.39. The molecule has 1 rings (SSSR count). The molecule has 1 aliphatic rings. The summed E-state index contributed by atoms with van der Waals surface area (Å²) >= 11 is 4.28. The maximum absolute atomic E-state index is 4.28. The highest BCUT2D eigenvalue weighted by Gasteiger charge is 2.14. The van der Waals surface area contributed by atoms with Crippen LogP contribution in [0.1, 0.15) is 12.8 Å². The van der Waals surface area contributed by atoms with Gasteiger partial charge in [-0.3, -0.25) is 0 Å². The van der Waals surface area contributed by atoms with Crippen LogP contribution in [0.4, 0.5) is 0 Å². The Balaban J connectivity index is 0.000000810. The average molecular weight is 273 g/mol. The molecule has 0 aromatic carbocycles. The molecule has 1 atom stereocenters. The minimum absolute atomic E-state index is 0. The zero-order valence-electron chi connectivity index (χ0n) is 6.42. The van der Waals surface area contributed by atoms with Gasteiger partial charge in [0.1, 0.15) is 0 Å². The van der Waals surface area contributed by atoms with Crippen LogP contribution in [0.2, 0.25) is 0 Å². The van der Waals surface area contributed by atoms with Gasteiger partial charge in [0, 0.05) is 6.54 Å². The van der Waals surface area contributed by atoms with Crippen molar-refractivity contribution in [2.75, 3.05) is 25.9 Å². The summed E-state index contributed by atoms with van der Waals surface area (Å²) < 4.78 is 0. The highest BCUT2D eigenvalue weighted by Crippen LogP contribution is 2.15. The van der Waals surface area contributed by atoms with E-state index in [-0.39, 0.29) is 24.0 Å². The fraction of sp³-hybridized carbons (Fsp3) is 1.00. The van der Waals surface area contributed by atoms with Crippen molar-refractivity contribution in [3.8, 4) is 0 Å². The van der Waals surface area contributed by atoms with Crippen LogP contribution in [-0.4, -0.2) is 30.8 Å². The number of rotatable bonds is 1. The van der Waals surface area contributed by atoms with Gasteiger partial charge < -0.3 is 4.90 Å². The van der Waals surface area contributed by atoms with E-state index in [2.05, 4.69) is 24.6 Å². The van der Waals surface area contributed by atoms with Gasteiger partial charge in [0.05, 0.1) is 0 Å². The largest absolute Gasteiger partial charge is 0.306 e. The third-order valence-corrected chi connectivity index (χ3v) is 2.50. The zero-order chi connectivity index (χ0) is 6.69. The first kappa shape index (κ1) is 11.0. The molecular weight excluding hydrogens is 257 g/mol. The van der Waals surface area contributed by atoms with Crippen LogP contribution in [0.5, 0.6) is 0 Å². The van der Waals surface area contributed by atoms with E-state index < -0.39 is 0 Å². The predicted molar refractivity (Wildman–Crippen MR) is 59.5 cm³/mol. The lowest BCUT2D eigenvalue weighted by molar-refractivity contribution is 0.224. The van der Waals surface area contributed by atoms with Gasteiger partial charge in [-0.25, -0.2) is 0 Å². The van der Waals surface area contributed by atoms with Crippen LogP contribution in [-0.2, 0) is 0 Å². The van der Waals surface area contributed by atoms with Crippen LogP contribution in [0.15, 0.2) is 0 Å². The van der Waals surface area contributed by atoms with Gasteiger partial charge in [0.25, 0.3) is 0 Å². The maximum atomic E-state index is 4.28. The second-order valence-corrected chi connectivity index (χ2v) is 3.32. The van der Waals surface area contributed by atoms with E-state index in [1.807, 2.05) is 0 Å². The van der Waals surface area contributed by atoms with Crippen molar-refractivity contribution in [1.29, 1.82) is 0 Å². The van der Waals surface area contributed by atoms with E-state index in [9.17, 15) is 0 Å². The van der Waals surface area contributed by atoms with E-state index in [0.717, 1.165) is 11.7 Å². The minimum Gasteiger partial charge on any atom is -0.306 e. The van der Waals surface area contributed by atoms with E-state index >= 15 is 0 Å². The molecule has 3 heteroatoms. The Morgan fingerprint density at radius 3 is 2.70 bits per heavy atom. The molecule has 1 aliphatic heterocycles. The molecule has 0 aliphatic carbocycles. The Morgan fingerprint density at radius 2 is 2.30 bits per heavy atom. The smallest absolute Gasteiger partial charge is 0.00144 e. The lowest BCUT2D eigenvalue weighted by atomic mass is 10.0. The van der Waals surface area contributed by atoms with Crippen molar-refractivity contribution >= 4 is 36.6 Å². The quantitative estimate of drug-likeness (QED) is 0.564. The number of nitrogens with zero attached hydrogens (tertiary/aromatic N) is 1. The Labute approximate surface area is 86.0 Å². The van der Waals surface area contributed by atoms with Gasteiger partial charge in [0.2, 0.25) is 0 Å². The summed E-state index contributed by atoms with van der Waals surface area (Å²) in [6, 6.07) is 0. The summed E-state index contributed by atoms with van der Waals surface area (Å²) in [5.41, 5.74) is 0. The van der Waals surface area contributed by atoms with Crippen molar-refractivity contribution < 1.29 is 0 Å². The SMILES string of the molecule is CN1CCCC(CS)C1.I. The van der Waals surface area contributed by atoms with Crippen molar-refractivity contribution in [3.05, 3.63) is 0 Å². The van der Waals surface area contributed by atoms with Gasteiger partial charge in [-0.2, -0.15) is 12.6 Å². The Morgan fingerprint density at radius 1 is 1.60 bits per heavy atom. The lowest BCUT2D eigenvalue weighted by Gasteiger charge is -2.28. The summed E-state index contributed by atoms with van der Waals surface area (Å²) in [5.74, 6) is 1.91. The predicted octanol–water partition coefficient (Wildman–Crippen LogP) is 1.88. The molecule has 1 unspecified atom stereocenters. The molecule has 1 nitrogen and oxygen atoms in total. The molecule has 0 N–H and O–H groups in total. The van der Waals surface area contributed by atoms with Crippen LogP contribution in [0.25, 0.3) is 0 Å². The first-order chi connectivity index (χ1) is 4.33. The van der Waals surface area contributed by atoms with Crippen molar-refractivity contribution in [1.82, 2.24) is 4.90 Å². The molecular formula is C7H16INS. The fourth-order valence-electron chi connectivity index (χ4n) is 1.42. The molecule has 0 aromatic heterocycles. The Bertz CT molecular complexity index is 89.7. The Kier molecular flexibility index (Phi) is 6.25. The Hall–Kier alpha value is 1.04. The van der Waals surface area contributed by atoms with E-state index in [4.69, 9.17) is 0 Å². The van der Waals surface area contributed by atoms with Crippen LogP contribution >= 0.6 is 36.6 Å². The van der Waals surface area contributed by atoms with E-state index in [1.54, 1.807) is 0 Å². The second kappa shape index (κ2) is 5.66. The normalized spacial score (nSPS) is 27.6. The molecule has 0 saturated carbocycles. The monoisotopic (exact) mass is 273 g/mol. The molecule has 0 amide bonds. The minimum atomic E-state index is 0. The molecule has 0 aromatic rings. The molecule has 0 spiro atoms. The number of likely N-dealkylation sites (tertiary alicyclic amines) is 1. The molecule has 1 heterocycles. The molecule has 62 valence electrons. The summed E-state index contributed by atoms with van der Waals surface area (Å²) in [5, 5.41) is 0. The topological polar surface area (TPSA) is 3.24 Å². The maximum Gasteiger partial charge on any atom is 0.00144 e. The van der Waals surface area contributed by atoms with Gasteiger partial charge in [0.15, 0.2) is 0 Å². The molecule has 0 radical (unpaired) electrons. The third kappa shape index (κ3) is 3.44. The number of piperidine rings is 1. The second-order valence-electron chi connectivity index (χ2n) is 2.95. The lowest BCUT2D eigenvalue weighted by Crippen LogP contribution is -2.32. The summed E-state index contributed by atoms with van der Waals surface area (Å²) in [7, 11) is 2.19. The first-order valence-corrected chi connectivity index (χ1v) is 4.25. The van der Waals surface area contributed by atoms with E-state index in [1.165, 1.54) is 25.9 Å². The van der Waals surface area contributed by atoms with E-state index in [0.29, 0.717) is 0 Å². The number of thiol groups is 1. The van der Waals surface area contributed by atoms with Gasteiger partial charge in [-0.15, -0.1) is 24.0 Å². The summed E-state index contributed by atoms with van der Waals surface area (Å²) in [6.07, 6.45) is 2.75. The third-order valence-electron chi connectivity index (χ3n) is 1.98. The van der Waals surface area contributed by atoms with Gasteiger partial charge in [-0.05, 0) is 38.1 Å². The number of halogens is 1. The molecule has 1 saturated heterocycles. The molecule has 1 fully saturated rings. The fourth-order valence-corrected chi connectivity index (χ4v) is 1.72. The highest BCUT2D eigenvalue weighted by molar-refractivity contribution is 14.0. The molecule has 10 heavy (non-hydrogen) atoms. The number of hydrogen-bond donors (Lipinski definition) is 1. The number of hydrogen-bond acceptors (Lipinski definition) is 2. The van der Waals surface area contributed by atoms with Crippen molar-refractivity contribution in [3.63, 3.8) is 0 Å². The first-order valence-electron chi connectivity index (χ1n) is 3.62. The highest BCUT2D eigenvalue weighted by atomic mass is 127. The van der Waals surface area contributed by atoms with Crippen LogP contribution < -0.4 is 0 Å². The van der Waals surface area contributed by atoms with Gasteiger partial charge >= 0.3 is 0 Å². The standard InChI is InChI=1S/C7H15NS.HI/c1-8-4-2-3-7(5-8)6-9;/h7,9H,2-6H2,1H3;1H. The molecule has 0 bridgehead atoms. The van der Waals surface area contributed by atoms with Crippen LogP contribution in [0.3, 0.4) is 0 Å². The van der Waals surface area contributed by atoms with Crippen LogP contribution in [0, 0.1) is 5.92 Å². The summed E-state index contributed by atoms with van der Waals surface area (Å²) in [6.45, 7) is 2.54. The van der Waals surface area contributed by atoms with Gasteiger partial charge in [-0.1, -0.05) is 0 Å². The van der Waals surface area contributed by atoms with Crippen molar-refractivity contribution in [2.24, 2.45) is 5.92 Å². The zero-order valence-corrected chi connectivity index (χ0v) is 9.64.